The molecule has 1 fully saturated rings. The average Bonchev–Trinajstić information content (AvgIpc) is 3.50. The van der Waals surface area contributed by atoms with Crippen LogP contribution >= 0.6 is 0 Å². The number of hydrogen-bond donors (Lipinski definition) is 0. The summed E-state index contributed by atoms with van der Waals surface area (Å²) < 4.78 is 49.4. The monoisotopic (exact) mass is 534 g/mol. The van der Waals surface area contributed by atoms with Crippen LogP contribution in [0.1, 0.15) is 6.42 Å². The van der Waals surface area contributed by atoms with Crippen LogP contribution in [-0.2, 0) is 36.0 Å². The first kappa shape index (κ1) is 28.2. The Morgan fingerprint density at radius 2 is 1.14 bits per heavy atom. The van der Waals surface area contributed by atoms with Crippen LogP contribution in [0.3, 0.4) is 0 Å². The second kappa shape index (κ2) is 15.9. The van der Waals surface area contributed by atoms with Crippen molar-refractivity contribution >= 4 is 67.4 Å². The minimum atomic E-state index is -2.13. The van der Waals surface area contributed by atoms with Crippen molar-refractivity contribution in [2.24, 2.45) is 0 Å². The van der Waals surface area contributed by atoms with Crippen LogP contribution in [0.25, 0.3) is 0 Å². The van der Waals surface area contributed by atoms with E-state index in [1.54, 1.807) is 0 Å². The maximum atomic E-state index is 6.39. The Morgan fingerprint density at radius 3 is 1.45 bits per heavy atom. The van der Waals surface area contributed by atoms with Crippen molar-refractivity contribution in [1.82, 2.24) is 0 Å². The third-order valence-electron chi connectivity index (χ3n) is 4.41. The van der Waals surface area contributed by atoms with Crippen molar-refractivity contribution < 1.29 is 36.0 Å². The van der Waals surface area contributed by atoms with Crippen LogP contribution < -0.4 is 0 Å². The zero-order valence-electron chi connectivity index (χ0n) is 19.2. The molecule has 0 amide bonds. The van der Waals surface area contributed by atoms with Gasteiger partial charge in [0, 0.05) is 6.61 Å². The van der Waals surface area contributed by atoms with E-state index >= 15 is 0 Å². The molecule has 29 heavy (non-hydrogen) atoms. The summed E-state index contributed by atoms with van der Waals surface area (Å²) in [6.45, 7) is 14.9. The molecule has 1 atom stereocenters. The zero-order valence-corrected chi connectivity index (χ0v) is 28.8. The van der Waals surface area contributed by atoms with Crippen molar-refractivity contribution in [2.75, 3.05) is 19.8 Å². The number of hydrogen-bond acceptors (Lipinski definition) is 8. The molecule has 0 bridgehead atoms. The number of rotatable bonds is 20. The lowest BCUT2D eigenvalue weighted by molar-refractivity contribution is -0.238. The predicted molar refractivity (Wildman–Crippen MR) is 136 cm³/mol. The molecule has 1 heterocycles. The van der Waals surface area contributed by atoms with Gasteiger partial charge in [-0.25, -0.2) is 0 Å². The van der Waals surface area contributed by atoms with E-state index in [-0.39, 0.29) is 6.10 Å². The first-order valence-corrected chi connectivity index (χ1v) is 25.0. The Bertz CT molecular complexity index is 361. The second-order valence-corrected chi connectivity index (χ2v) is 14.8. The van der Waals surface area contributed by atoms with Gasteiger partial charge in [-0.2, -0.15) is 0 Å². The van der Waals surface area contributed by atoms with Gasteiger partial charge in [-0.05, 0) is 12.5 Å². The van der Waals surface area contributed by atoms with Crippen LogP contribution in [0.15, 0.2) is 0 Å². The van der Waals surface area contributed by atoms with Gasteiger partial charge >= 0.3 is 0 Å². The van der Waals surface area contributed by atoms with Gasteiger partial charge in [0.05, 0.1) is 13.2 Å². The molecule has 1 unspecified atom stereocenters. The summed E-state index contributed by atoms with van der Waals surface area (Å²) in [6.07, 6.45) is 1.18. The van der Waals surface area contributed by atoms with E-state index < -0.39 is 78.6 Å². The van der Waals surface area contributed by atoms with E-state index in [1.807, 2.05) is 0 Å². The summed E-state index contributed by atoms with van der Waals surface area (Å²) in [5.74, 6) is 0. The first-order chi connectivity index (χ1) is 14.1. The Balaban J connectivity index is 3.13. The first-order valence-electron chi connectivity index (χ1n) is 11.1. The van der Waals surface area contributed by atoms with Crippen molar-refractivity contribution in [2.45, 2.75) is 69.0 Å². The van der Waals surface area contributed by atoms with E-state index in [0.717, 1.165) is 19.1 Å². The topological polar surface area (TPSA) is 77.1 Å². The maximum Gasteiger partial charge on any atom is 0.246 e. The molecule has 0 aliphatic carbocycles. The fourth-order valence-electron chi connectivity index (χ4n) is 3.40. The summed E-state index contributed by atoms with van der Waals surface area (Å²) >= 11 is 0. The van der Waals surface area contributed by atoms with E-state index in [0.29, 0.717) is 13.2 Å². The van der Waals surface area contributed by atoms with Crippen LogP contribution in [-0.4, -0.2) is 104 Å². The van der Waals surface area contributed by atoms with Gasteiger partial charge in [-0.3, -0.25) is 0 Å². The third kappa shape index (κ3) is 9.30. The molecule has 174 valence electrons. The minimum Gasteiger partial charge on any atom is -0.382 e. The average molecular weight is 535 g/mol. The Hall–Kier alpha value is 1.20. The smallest absolute Gasteiger partial charge is 0.246 e. The Labute approximate surface area is 192 Å². The molecule has 1 rings (SSSR count). The highest BCUT2D eigenvalue weighted by molar-refractivity contribution is 6.66. The summed E-state index contributed by atoms with van der Waals surface area (Å²) in [5, 5.41) is 0. The summed E-state index contributed by atoms with van der Waals surface area (Å²) in [4.78, 5) is 0. The van der Waals surface area contributed by atoms with Gasteiger partial charge in [-0.1, -0.05) is 39.3 Å². The predicted octanol–water partition coefficient (Wildman–Crippen LogP) is -2.70. The molecule has 0 spiro atoms. The van der Waals surface area contributed by atoms with Crippen molar-refractivity contribution in [3.05, 3.63) is 0 Å². The number of ether oxygens (including phenoxy) is 2. The lowest BCUT2D eigenvalue weighted by Crippen LogP contribution is -2.68. The highest BCUT2D eigenvalue weighted by Crippen LogP contribution is 2.34. The van der Waals surface area contributed by atoms with Crippen molar-refractivity contribution in [3.63, 3.8) is 0 Å². The fraction of sp³-hybridized carbons (Fsp3) is 1.00. The van der Waals surface area contributed by atoms with Gasteiger partial charge in [0.15, 0.2) is 58.6 Å². The zero-order chi connectivity index (χ0) is 21.6. The van der Waals surface area contributed by atoms with E-state index in [2.05, 4.69) is 39.3 Å². The molecule has 1 aliphatic rings. The number of epoxide rings is 1. The largest absolute Gasteiger partial charge is 0.382 e. The normalized spacial score (nSPS) is 24.0. The summed E-state index contributed by atoms with van der Waals surface area (Å²) in [5.41, 5.74) is -1.92. The molecular formula is C14H42O8Si7. The van der Waals surface area contributed by atoms with Crippen LogP contribution in [0.5, 0.6) is 0 Å². The van der Waals surface area contributed by atoms with Gasteiger partial charge < -0.3 is 36.0 Å². The molecule has 15 heteroatoms. The van der Waals surface area contributed by atoms with Crippen LogP contribution in [0.2, 0.25) is 45.3 Å². The molecule has 0 aromatic carbocycles. The molecule has 0 saturated carbocycles. The molecule has 0 aromatic rings. The summed E-state index contributed by atoms with van der Waals surface area (Å²) in [7, 11) is -6.69. The van der Waals surface area contributed by atoms with E-state index in [9.17, 15) is 0 Å². The lowest BCUT2D eigenvalue weighted by atomic mass is 10.5. The highest BCUT2D eigenvalue weighted by atomic mass is 28.3. The SMILES string of the molecule is C[SiH2]OC(O[SiH2]C)(O[SiH2]C)[SiH](CCCOCC1CO1)C(O[SiH2]C)(O[SiH2]C)O[SiH2]C. The quantitative estimate of drug-likeness (QED) is 0.0723. The highest BCUT2D eigenvalue weighted by Gasteiger charge is 2.56. The third-order valence-corrected chi connectivity index (χ3v) is 14.3. The molecule has 1 saturated heterocycles. The molecule has 8 nitrogen and oxygen atoms in total. The van der Waals surface area contributed by atoms with E-state index in [4.69, 9.17) is 36.0 Å². The van der Waals surface area contributed by atoms with Crippen LogP contribution in [0.4, 0.5) is 0 Å². The van der Waals surface area contributed by atoms with E-state index in [1.165, 1.54) is 0 Å². The van der Waals surface area contributed by atoms with Crippen LogP contribution in [0, 0.1) is 0 Å². The van der Waals surface area contributed by atoms with Gasteiger partial charge in [-0.15, -0.1) is 0 Å². The molecule has 1 aliphatic heterocycles. The maximum absolute atomic E-state index is 6.39. The Kier molecular flexibility index (Phi) is 15.5. The van der Waals surface area contributed by atoms with Crippen molar-refractivity contribution in [3.8, 4) is 0 Å². The van der Waals surface area contributed by atoms with Gasteiger partial charge in [0.2, 0.25) is 20.0 Å². The lowest BCUT2D eigenvalue weighted by Gasteiger charge is -2.48. The molecular weight excluding hydrogens is 493 g/mol. The second-order valence-electron chi connectivity index (χ2n) is 6.53. The molecule has 0 radical (unpaired) electrons. The standard InChI is InChI=1S/C14H42O8Si7/c1-23-17-13(18-24-2,19-25-3)29(9-7-8-15-10-12-11-16-12)14(20-26-4,21-27-5)22-28-6/h12,29H,7-11,23-28H2,1-6H3. The van der Waals surface area contributed by atoms with Gasteiger partial charge in [0.1, 0.15) is 6.10 Å². The van der Waals surface area contributed by atoms with Crippen molar-refractivity contribution in [1.29, 1.82) is 0 Å². The molecule has 0 aromatic heterocycles. The van der Waals surface area contributed by atoms with Gasteiger partial charge in [0.25, 0.3) is 0 Å². The summed E-state index contributed by atoms with van der Waals surface area (Å²) in [6, 6.07) is 0.875. The molecule has 0 N–H and O–H groups in total. The minimum absolute atomic E-state index is 0.290. The Morgan fingerprint density at radius 1 is 0.759 bits per heavy atom. The fourth-order valence-corrected chi connectivity index (χ4v) is 17.4.